The van der Waals surface area contributed by atoms with E-state index in [9.17, 15) is 0 Å². The van der Waals surface area contributed by atoms with Gasteiger partial charge < -0.3 is 14.5 Å². The Morgan fingerprint density at radius 2 is 2.16 bits per heavy atom. The summed E-state index contributed by atoms with van der Waals surface area (Å²) in [5, 5.41) is 3.54. The third-order valence-electron chi connectivity index (χ3n) is 3.17. The van der Waals surface area contributed by atoms with Crippen LogP contribution in [0.2, 0.25) is 0 Å². The molecule has 1 aromatic heterocycles. The van der Waals surface area contributed by atoms with E-state index in [1.165, 1.54) is 5.56 Å². The molecular weight excluding hydrogens is 238 g/mol. The molecule has 1 N–H and O–H groups in total. The third-order valence-corrected chi connectivity index (χ3v) is 3.17. The lowest BCUT2D eigenvalue weighted by Gasteiger charge is -2.20. The average Bonchev–Trinajstić information content (AvgIpc) is 2.94. The average molecular weight is 259 g/mol. The van der Waals surface area contributed by atoms with Gasteiger partial charge in [-0.1, -0.05) is 19.1 Å². The summed E-state index contributed by atoms with van der Waals surface area (Å²) < 4.78 is 10.7. The molecule has 0 radical (unpaired) electrons. The van der Waals surface area contributed by atoms with E-state index in [2.05, 4.69) is 37.4 Å². The second-order valence-corrected chi connectivity index (χ2v) is 4.69. The molecule has 0 aliphatic heterocycles. The molecule has 102 valence electrons. The van der Waals surface area contributed by atoms with Crippen molar-refractivity contribution in [3.8, 4) is 5.75 Å². The Morgan fingerprint density at radius 1 is 1.32 bits per heavy atom. The van der Waals surface area contributed by atoms with Crippen LogP contribution in [-0.4, -0.2) is 13.7 Å². The quantitative estimate of drug-likeness (QED) is 0.859. The van der Waals surface area contributed by atoms with Gasteiger partial charge in [0.25, 0.3) is 0 Å². The van der Waals surface area contributed by atoms with E-state index in [0.29, 0.717) is 0 Å². The highest BCUT2D eigenvalue weighted by atomic mass is 16.5. The number of benzene rings is 1. The van der Waals surface area contributed by atoms with Crippen LogP contribution >= 0.6 is 0 Å². The second-order valence-electron chi connectivity index (χ2n) is 4.69. The highest BCUT2D eigenvalue weighted by Gasteiger charge is 2.18. The van der Waals surface area contributed by atoms with E-state index < -0.39 is 0 Å². The van der Waals surface area contributed by atoms with Crippen LogP contribution in [0.1, 0.15) is 36.1 Å². The lowest BCUT2D eigenvalue weighted by molar-refractivity contribution is 0.403. The Hall–Kier alpha value is -1.74. The van der Waals surface area contributed by atoms with Crippen molar-refractivity contribution in [1.29, 1.82) is 0 Å². The fourth-order valence-electron chi connectivity index (χ4n) is 2.19. The minimum atomic E-state index is 0.106. The van der Waals surface area contributed by atoms with E-state index in [-0.39, 0.29) is 6.04 Å². The van der Waals surface area contributed by atoms with Crippen molar-refractivity contribution in [2.24, 2.45) is 0 Å². The monoisotopic (exact) mass is 259 g/mol. The van der Waals surface area contributed by atoms with Crippen molar-refractivity contribution in [3.63, 3.8) is 0 Å². The molecule has 2 aromatic rings. The summed E-state index contributed by atoms with van der Waals surface area (Å²) in [5.41, 5.74) is 3.46. The van der Waals surface area contributed by atoms with E-state index >= 15 is 0 Å². The minimum Gasteiger partial charge on any atom is -0.496 e. The minimum absolute atomic E-state index is 0.106. The summed E-state index contributed by atoms with van der Waals surface area (Å²) in [5.74, 6) is 0.912. The van der Waals surface area contributed by atoms with Crippen LogP contribution in [0.15, 0.2) is 41.2 Å². The molecule has 0 saturated heterocycles. The highest BCUT2D eigenvalue weighted by molar-refractivity contribution is 5.43. The molecule has 0 amide bonds. The second kappa shape index (κ2) is 6.43. The SMILES string of the molecule is CCCNC(c1ccoc1)c1ccc(C)cc1OC. The summed E-state index contributed by atoms with van der Waals surface area (Å²) in [6.07, 6.45) is 4.58. The first kappa shape index (κ1) is 13.7. The number of ether oxygens (including phenoxy) is 1. The number of furan rings is 1. The molecule has 1 atom stereocenters. The highest BCUT2D eigenvalue weighted by Crippen LogP contribution is 2.31. The maximum atomic E-state index is 5.51. The standard InChI is InChI=1S/C16H21NO2/c1-4-8-17-16(13-7-9-19-11-13)14-6-5-12(2)10-15(14)18-3/h5-7,9-11,16-17H,4,8H2,1-3H3. The zero-order valence-electron chi connectivity index (χ0n) is 11.8. The number of hydrogen-bond donors (Lipinski definition) is 1. The van der Waals surface area contributed by atoms with Gasteiger partial charge in [-0.15, -0.1) is 0 Å². The van der Waals surface area contributed by atoms with Gasteiger partial charge in [0, 0.05) is 11.1 Å². The fourth-order valence-corrected chi connectivity index (χ4v) is 2.19. The first-order valence-electron chi connectivity index (χ1n) is 6.66. The molecule has 2 rings (SSSR count). The van der Waals surface area contributed by atoms with Crippen molar-refractivity contribution >= 4 is 0 Å². The molecule has 1 unspecified atom stereocenters. The molecule has 0 fully saturated rings. The van der Waals surface area contributed by atoms with Gasteiger partial charge in [0.1, 0.15) is 5.75 Å². The van der Waals surface area contributed by atoms with Gasteiger partial charge in [0.2, 0.25) is 0 Å². The summed E-state index contributed by atoms with van der Waals surface area (Å²) in [7, 11) is 1.71. The first-order chi connectivity index (χ1) is 9.26. The molecule has 3 nitrogen and oxygen atoms in total. The molecular formula is C16H21NO2. The number of nitrogens with one attached hydrogen (secondary N) is 1. The van der Waals surface area contributed by atoms with E-state index in [1.807, 2.05) is 6.07 Å². The summed E-state index contributed by atoms with van der Waals surface area (Å²) in [6, 6.07) is 8.39. The van der Waals surface area contributed by atoms with E-state index in [4.69, 9.17) is 9.15 Å². The predicted octanol–water partition coefficient (Wildman–Crippen LogP) is 3.69. The molecule has 1 aromatic carbocycles. The van der Waals surface area contributed by atoms with Crippen LogP contribution < -0.4 is 10.1 Å². The van der Waals surface area contributed by atoms with E-state index in [1.54, 1.807) is 19.6 Å². The maximum Gasteiger partial charge on any atom is 0.124 e. The van der Waals surface area contributed by atoms with Crippen molar-refractivity contribution in [1.82, 2.24) is 5.32 Å². The molecule has 0 spiro atoms. The van der Waals surface area contributed by atoms with Gasteiger partial charge in [0.15, 0.2) is 0 Å². The van der Waals surface area contributed by atoms with Crippen molar-refractivity contribution < 1.29 is 9.15 Å². The molecule has 0 aliphatic carbocycles. The van der Waals surface area contributed by atoms with Gasteiger partial charge in [-0.05, 0) is 37.6 Å². The van der Waals surface area contributed by atoms with Crippen LogP contribution in [0, 0.1) is 6.92 Å². The largest absolute Gasteiger partial charge is 0.496 e. The van der Waals surface area contributed by atoms with Crippen LogP contribution in [-0.2, 0) is 0 Å². The normalized spacial score (nSPS) is 12.4. The molecule has 0 saturated carbocycles. The lowest BCUT2D eigenvalue weighted by Crippen LogP contribution is -2.23. The number of hydrogen-bond acceptors (Lipinski definition) is 3. The summed E-state index contributed by atoms with van der Waals surface area (Å²) in [4.78, 5) is 0. The van der Waals surface area contributed by atoms with Gasteiger partial charge in [-0.2, -0.15) is 0 Å². The third kappa shape index (κ3) is 3.18. The predicted molar refractivity (Wildman–Crippen MR) is 76.6 cm³/mol. The van der Waals surface area contributed by atoms with Crippen molar-refractivity contribution in [3.05, 3.63) is 53.5 Å². The topological polar surface area (TPSA) is 34.4 Å². The molecule has 19 heavy (non-hydrogen) atoms. The Morgan fingerprint density at radius 3 is 2.79 bits per heavy atom. The Bertz CT molecular complexity index is 505. The first-order valence-corrected chi connectivity index (χ1v) is 6.66. The van der Waals surface area contributed by atoms with Gasteiger partial charge in [-0.3, -0.25) is 0 Å². The maximum absolute atomic E-state index is 5.51. The van der Waals surface area contributed by atoms with Crippen molar-refractivity contribution in [2.75, 3.05) is 13.7 Å². The van der Waals surface area contributed by atoms with Crippen LogP contribution in [0.25, 0.3) is 0 Å². The summed E-state index contributed by atoms with van der Waals surface area (Å²) >= 11 is 0. The lowest BCUT2D eigenvalue weighted by atomic mass is 9.98. The van der Waals surface area contributed by atoms with Crippen molar-refractivity contribution in [2.45, 2.75) is 26.3 Å². The van der Waals surface area contributed by atoms with Crippen LogP contribution in [0.5, 0.6) is 5.75 Å². The number of aryl methyl sites for hydroxylation is 1. The molecule has 0 aliphatic rings. The van der Waals surface area contributed by atoms with Crippen LogP contribution in [0.4, 0.5) is 0 Å². The molecule has 1 heterocycles. The Labute approximate surface area is 114 Å². The smallest absolute Gasteiger partial charge is 0.124 e. The van der Waals surface area contributed by atoms with Gasteiger partial charge in [-0.25, -0.2) is 0 Å². The van der Waals surface area contributed by atoms with Gasteiger partial charge >= 0.3 is 0 Å². The van der Waals surface area contributed by atoms with Crippen LogP contribution in [0.3, 0.4) is 0 Å². The number of methoxy groups -OCH3 is 1. The zero-order valence-corrected chi connectivity index (χ0v) is 11.8. The number of rotatable bonds is 6. The zero-order chi connectivity index (χ0) is 13.7. The Kier molecular flexibility index (Phi) is 4.63. The summed E-state index contributed by atoms with van der Waals surface area (Å²) in [6.45, 7) is 5.18. The molecule has 3 heteroatoms. The van der Waals surface area contributed by atoms with Gasteiger partial charge in [0.05, 0.1) is 25.7 Å². The Balaban J connectivity index is 2.37. The van der Waals surface area contributed by atoms with E-state index in [0.717, 1.165) is 29.8 Å². The molecule has 0 bridgehead atoms. The fraction of sp³-hybridized carbons (Fsp3) is 0.375.